The number of hydrogen-bond donors (Lipinski definition) is 1. The standard InChI is InChI=1S/C23H35NO5/c1-4-24(5-2)13-14-28-16-22(25)29-21-8-6-7-20(21)15-18-9-11-19(12-10-18)17(3)23(26)27/h9-12,17,20-21H,4-8,13-16H2,1-3H3,(H,26,27)/t17-,20+,21-/m0/s1. The van der Waals surface area contributed by atoms with Crippen LogP contribution in [0.3, 0.4) is 0 Å². The van der Waals surface area contributed by atoms with Gasteiger partial charge in [0.05, 0.1) is 12.5 Å². The molecule has 29 heavy (non-hydrogen) atoms. The number of carboxylic acid groups (broad SMARTS) is 1. The van der Waals surface area contributed by atoms with Crippen molar-refractivity contribution < 1.29 is 24.2 Å². The molecular weight excluding hydrogens is 370 g/mol. The van der Waals surface area contributed by atoms with E-state index in [0.29, 0.717) is 12.5 Å². The van der Waals surface area contributed by atoms with E-state index >= 15 is 0 Å². The van der Waals surface area contributed by atoms with Crippen molar-refractivity contribution in [2.45, 2.75) is 58.5 Å². The van der Waals surface area contributed by atoms with Crippen LogP contribution in [0.25, 0.3) is 0 Å². The van der Waals surface area contributed by atoms with Crippen molar-refractivity contribution in [1.82, 2.24) is 4.90 Å². The molecule has 0 heterocycles. The van der Waals surface area contributed by atoms with Crippen LogP contribution < -0.4 is 0 Å². The fraction of sp³-hybridized carbons (Fsp3) is 0.652. The maximum Gasteiger partial charge on any atom is 0.332 e. The van der Waals surface area contributed by atoms with Crippen LogP contribution in [0.15, 0.2) is 24.3 Å². The molecular formula is C23H35NO5. The molecule has 6 heteroatoms. The second-order valence-corrected chi connectivity index (χ2v) is 7.80. The first-order chi connectivity index (χ1) is 13.9. The normalized spacial score (nSPS) is 20.0. The Morgan fingerprint density at radius 3 is 2.48 bits per heavy atom. The molecule has 0 bridgehead atoms. The van der Waals surface area contributed by atoms with Crippen molar-refractivity contribution in [3.05, 3.63) is 35.4 Å². The lowest BCUT2D eigenvalue weighted by Crippen LogP contribution is -2.29. The monoisotopic (exact) mass is 405 g/mol. The molecule has 0 aromatic heterocycles. The van der Waals surface area contributed by atoms with Gasteiger partial charge in [-0.05, 0) is 62.7 Å². The van der Waals surface area contributed by atoms with Gasteiger partial charge in [-0.25, -0.2) is 4.79 Å². The van der Waals surface area contributed by atoms with Gasteiger partial charge in [0, 0.05) is 6.54 Å². The number of aliphatic carboxylic acids is 1. The van der Waals surface area contributed by atoms with Crippen LogP contribution in [0, 0.1) is 5.92 Å². The van der Waals surface area contributed by atoms with Crippen LogP contribution in [0.4, 0.5) is 0 Å². The Balaban J connectivity index is 1.77. The predicted octanol–water partition coefficient (Wildman–Crippen LogP) is 3.49. The molecule has 0 spiro atoms. The summed E-state index contributed by atoms with van der Waals surface area (Å²) >= 11 is 0. The van der Waals surface area contributed by atoms with Crippen LogP contribution >= 0.6 is 0 Å². The number of hydrogen-bond acceptors (Lipinski definition) is 5. The summed E-state index contributed by atoms with van der Waals surface area (Å²) in [4.78, 5) is 25.5. The molecule has 1 N–H and O–H groups in total. The second kappa shape index (κ2) is 11.9. The quantitative estimate of drug-likeness (QED) is 0.424. The molecule has 1 saturated carbocycles. The fourth-order valence-electron chi connectivity index (χ4n) is 3.87. The first kappa shape index (κ1) is 23.4. The number of nitrogens with zero attached hydrogens (tertiary/aromatic N) is 1. The van der Waals surface area contributed by atoms with Gasteiger partial charge in [0.15, 0.2) is 0 Å². The van der Waals surface area contributed by atoms with Crippen molar-refractivity contribution in [3.8, 4) is 0 Å². The highest BCUT2D eigenvalue weighted by Gasteiger charge is 2.30. The number of carbonyl (C=O) groups is 2. The molecule has 1 aliphatic rings. The lowest BCUT2D eigenvalue weighted by molar-refractivity contribution is -0.156. The Bertz CT molecular complexity index is 641. The highest BCUT2D eigenvalue weighted by Crippen LogP contribution is 2.31. The molecule has 3 atom stereocenters. The van der Waals surface area contributed by atoms with E-state index in [1.54, 1.807) is 6.92 Å². The minimum atomic E-state index is -0.820. The summed E-state index contributed by atoms with van der Waals surface area (Å²) in [7, 11) is 0. The molecule has 0 unspecified atom stereocenters. The van der Waals surface area contributed by atoms with Crippen LogP contribution in [0.1, 0.15) is 57.1 Å². The van der Waals surface area contributed by atoms with Crippen LogP contribution in [0.5, 0.6) is 0 Å². The predicted molar refractivity (Wildman–Crippen MR) is 112 cm³/mol. The molecule has 2 rings (SSSR count). The minimum absolute atomic E-state index is 0.00621. The van der Waals surface area contributed by atoms with Crippen LogP contribution in [0.2, 0.25) is 0 Å². The maximum absolute atomic E-state index is 12.1. The Morgan fingerprint density at radius 1 is 1.17 bits per heavy atom. The molecule has 1 fully saturated rings. The van der Waals surface area contributed by atoms with Crippen molar-refractivity contribution >= 4 is 11.9 Å². The van der Waals surface area contributed by atoms with E-state index in [-0.39, 0.29) is 18.7 Å². The minimum Gasteiger partial charge on any atom is -0.481 e. The maximum atomic E-state index is 12.1. The number of carboxylic acids is 1. The van der Waals surface area contributed by atoms with Gasteiger partial charge in [0.2, 0.25) is 0 Å². The van der Waals surface area contributed by atoms with Gasteiger partial charge in [-0.1, -0.05) is 38.1 Å². The SMILES string of the molecule is CCN(CC)CCOCC(=O)O[C@H]1CCC[C@@H]1Cc1ccc([C@H](C)C(=O)O)cc1. The molecule has 6 nitrogen and oxygen atoms in total. The number of rotatable bonds is 12. The summed E-state index contributed by atoms with van der Waals surface area (Å²) in [5, 5.41) is 9.12. The molecule has 0 amide bonds. The molecule has 0 saturated heterocycles. The third-order valence-electron chi connectivity index (χ3n) is 5.89. The number of ether oxygens (including phenoxy) is 2. The van der Waals surface area contributed by atoms with E-state index in [1.807, 2.05) is 24.3 Å². The zero-order valence-electron chi connectivity index (χ0n) is 17.9. The lowest BCUT2D eigenvalue weighted by atomic mass is 9.93. The van der Waals surface area contributed by atoms with E-state index < -0.39 is 11.9 Å². The molecule has 1 aromatic rings. The van der Waals surface area contributed by atoms with Gasteiger partial charge in [0.1, 0.15) is 12.7 Å². The average molecular weight is 406 g/mol. The lowest BCUT2D eigenvalue weighted by Gasteiger charge is -2.21. The second-order valence-electron chi connectivity index (χ2n) is 7.80. The molecule has 0 radical (unpaired) electrons. The Hall–Kier alpha value is -1.92. The van der Waals surface area contributed by atoms with E-state index in [1.165, 1.54) is 0 Å². The highest BCUT2D eigenvalue weighted by molar-refractivity contribution is 5.75. The largest absolute Gasteiger partial charge is 0.481 e. The van der Waals surface area contributed by atoms with Crippen LogP contribution in [-0.4, -0.2) is 60.9 Å². The van der Waals surface area contributed by atoms with Crippen LogP contribution in [-0.2, 0) is 25.5 Å². The number of benzene rings is 1. The van der Waals surface area contributed by atoms with Crippen molar-refractivity contribution in [3.63, 3.8) is 0 Å². The Morgan fingerprint density at radius 2 is 1.86 bits per heavy atom. The van der Waals surface area contributed by atoms with E-state index in [9.17, 15) is 9.59 Å². The van der Waals surface area contributed by atoms with Crippen molar-refractivity contribution in [2.75, 3.05) is 32.8 Å². The third kappa shape index (κ3) is 7.44. The molecule has 162 valence electrons. The van der Waals surface area contributed by atoms with Gasteiger partial charge in [-0.15, -0.1) is 0 Å². The molecule has 1 aromatic carbocycles. The third-order valence-corrected chi connectivity index (χ3v) is 5.89. The molecule has 0 aliphatic heterocycles. The number of likely N-dealkylation sites (N-methyl/N-ethyl adjacent to an activating group) is 1. The van der Waals surface area contributed by atoms with Gasteiger partial charge in [-0.2, -0.15) is 0 Å². The summed E-state index contributed by atoms with van der Waals surface area (Å²) < 4.78 is 11.2. The highest BCUT2D eigenvalue weighted by atomic mass is 16.6. The number of esters is 1. The van der Waals surface area contributed by atoms with E-state index in [4.69, 9.17) is 14.6 Å². The van der Waals surface area contributed by atoms with Gasteiger partial charge < -0.3 is 19.5 Å². The summed E-state index contributed by atoms with van der Waals surface area (Å²) in [5.74, 6) is -1.31. The Kier molecular flexibility index (Phi) is 9.61. The van der Waals surface area contributed by atoms with E-state index in [0.717, 1.165) is 56.4 Å². The topological polar surface area (TPSA) is 76.1 Å². The summed E-state index contributed by atoms with van der Waals surface area (Å²) in [6, 6.07) is 7.74. The van der Waals surface area contributed by atoms with E-state index in [2.05, 4.69) is 18.7 Å². The first-order valence-electron chi connectivity index (χ1n) is 10.8. The van der Waals surface area contributed by atoms with Gasteiger partial charge in [0.25, 0.3) is 0 Å². The summed E-state index contributed by atoms with van der Waals surface area (Å²) in [6.07, 6.45) is 3.76. The summed E-state index contributed by atoms with van der Waals surface area (Å²) in [6.45, 7) is 9.22. The fourth-order valence-corrected chi connectivity index (χ4v) is 3.87. The Labute approximate surface area is 174 Å². The summed E-state index contributed by atoms with van der Waals surface area (Å²) in [5.41, 5.74) is 1.95. The van der Waals surface area contributed by atoms with Gasteiger partial charge in [-0.3, -0.25) is 4.79 Å². The smallest absolute Gasteiger partial charge is 0.332 e. The van der Waals surface area contributed by atoms with Crippen molar-refractivity contribution in [2.24, 2.45) is 5.92 Å². The first-order valence-corrected chi connectivity index (χ1v) is 10.8. The zero-order chi connectivity index (χ0) is 21.2. The zero-order valence-corrected chi connectivity index (χ0v) is 17.9. The number of carbonyl (C=O) groups excluding carboxylic acids is 1. The van der Waals surface area contributed by atoms with Crippen molar-refractivity contribution in [1.29, 1.82) is 0 Å². The average Bonchev–Trinajstić information content (AvgIpc) is 3.14. The van der Waals surface area contributed by atoms with Gasteiger partial charge >= 0.3 is 11.9 Å². The molecule has 1 aliphatic carbocycles.